The number of benzene rings is 2. The van der Waals surface area contributed by atoms with Crippen LogP contribution in [0.1, 0.15) is 22.8 Å². The molecule has 0 aliphatic rings. The zero-order valence-corrected chi connectivity index (χ0v) is 14.3. The first-order chi connectivity index (χ1) is 11.3. The summed E-state index contributed by atoms with van der Waals surface area (Å²) in [6, 6.07) is 12.2. The summed E-state index contributed by atoms with van der Waals surface area (Å²) in [6.45, 7) is 3.42. The molecule has 0 saturated carbocycles. The van der Waals surface area contributed by atoms with Gasteiger partial charge in [0, 0.05) is 17.3 Å². The third-order valence-electron chi connectivity index (χ3n) is 3.38. The van der Waals surface area contributed by atoms with E-state index in [1.54, 1.807) is 19.1 Å². The number of aliphatic hydroxyl groups is 1. The van der Waals surface area contributed by atoms with Gasteiger partial charge >= 0.3 is 0 Å². The number of nitrogens with one attached hydrogen (secondary N) is 2. The van der Waals surface area contributed by atoms with Crippen molar-refractivity contribution in [2.75, 3.05) is 11.3 Å². The molecule has 2 aromatic carbocycles. The number of amides is 1. The number of sulfonamides is 1. The van der Waals surface area contributed by atoms with Gasteiger partial charge in [0.15, 0.2) is 0 Å². The van der Waals surface area contributed by atoms with E-state index < -0.39 is 10.0 Å². The maximum Gasteiger partial charge on any atom is 0.261 e. The van der Waals surface area contributed by atoms with Crippen LogP contribution in [0.2, 0.25) is 0 Å². The normalized spacial score (nSPS) is 12.5. The molecule has 0 saturated heterocycles. The molecular formula is C17H20N2O4S. The molecule has 3 N–H and O–H groups in total. The highest BCUT2D eigenvalue weighted by Gasteiger charge is 2.15. The minimum absolute atomic E-state index is 0.0647. The molecule has 1 unspecified atom stereocenters. The zero-order valence-electron chi connectivity index (χ0n) is 13.5. The number of aliphatic hydroxyl groups excluding tert-OH is 1. The molecule has 0 aromatic heterocycles. The van der Waals surface area contributed by atoms with Crippen molar-refractivity contribution < 1.29 is 18.3 Å². The zero-order chi connectivity index (χ0) is 17.7. The largest absolute Gasteiger partial charge is 0.394 e. The minimum Gasteiger partial charge on any atom is -0.394 e. The van der Waals surface area contributed by atoms with Crippen molar-refractivity contribution in [1.82, 2.24) is 5.32 Å². The Hall–Kier alpha value is -2.38. The third kappa shape index (κ3) is 4.56. The second kappa shape index (κ2) is 7.46. The second-order valence-corrected chi connectivity index (χ2v) is 7.24. The lowest BCUT2D eigenvalue weighted by Crippen LogP contribution is -2.34. The fourth-order valence-electron chi connectivity index (χ4n) is 1.97. The maximum absolute atomic E-state index is 12.3. The topological polar surface area (TPSA) is 95.5 Å². The highest BCUT2D eigenvalue weighted by Crippen LogP contribution is 2.17. The molecule has 24 heavy (non-hydrogen) atoms. The molecule has 7 heteroatoms. The van der Waals surface area contributed by atoms with Gasteiger partial charge < -0.3 is 10.4 Å². The van der Waals surface area contributed by atoms with Crippen molar-refractivity contribution in [3.05, 3.63) is 59.7 Å². The van der Waals surface area contributed by atoms with Crippen LogP contribution in [0, 0.1) is 6.92 Å². The molecular weight excluding hydrogens is 328 g/mol. The van der Waals surface area contributed by atoms with Gasteiger partial charge in [-0.15, -0.1) is 0 Å². The summed E-state index contributed by atoms with van der Waals surface area (Å²) < 4.78 is 27.2. The van der Waals surface area contributed by atoms with Crippen molar-refractivity contribution in [2.24, 2.45) is 0 Å². The second-order valence-electron chi connectivity index (χ2n) is 5.55. The molecule has 0 fully saturated rings. The average molecular weight is 348 g/mol. The van der Waals surface area contributed by atoms with Gasteiger partial charge in [-0.05, 0) is 50.2 Å². The standard InChI is InChI=1S/C17H20N2O4S/c1-12-3-7-15(8-4-12)19-24(22,23)16-9-5-14(6-10-16)17(21)18-13(2)11-20/h3-10,13,19-20H,11H2,1-2H3,(H,18,21). The summed E-state index contributed by atoms with van der Waals surface area (Å²) in [5, 5.41) is 11.5. The van der Waals surface area contributed by atoms with Gasteiger partial charge in [-0.2, -0.15) is 0 Å². The molecule has 1 amide bonds. The molecule has 0 bridgehead atoms. The van der Waals surface area contributed by atoms with Gasteiger partial charge in [0.05, 0.1) is 11.5 Å². The average Bonchev–Trinajstić information content (AvgIpc) is 2.56. The number of hydrogen-bond acceptors (Lipinski definition) is 4. The molecule has 0 aliphatic heterocycles. The SMILES string of the molecule is Cc1ccc(NS(=O)(=O)c2ccc(C(=O)NC(C)CO)cc2)cc1. The summed E-state index contributed by atoms with van der Waals surface area (Å²) in [6.07, 6.45) is 0. The van der Waals surface area contributed by atoms with Crippen molar-refractivity contribution >= 4 is 21.6 Å². The van der Waals surface area contributed by atoms with Gasteiger partial charge in [-0.1, -0.05) is 17.7 Å². The predicted octanol–water partition coefficient (Wildman–Crippen LogP) is 1.91. The van der Waals surface area contributed by atoms with Crippen LogP contribution >= 0.6 is 0 Å². The van der Waals surface area contributed by atoms with E-state index in [4.69, 9.17) is 5.11 Å². The molecule has 0 aliphatic carbocycles. The van der Waals surface area contributed by atoms with E-state index in [1.807, 2.05) is 19.1 Å². The lowest BCUT2D eigenvalue weighted by atomic mass is 10.2. The van der Waals surface area contributed by atoms with E-state index in [0.29, 0.717) is 11.3 Å². The molecule has 6 nitrogen and oxygen atoms in total. The Morgan fingerprint density at radius 2 is 1.67 bits per heavy atom. The fraction of sp³-hybridized carbons (Fsp3) is 0.235. The first-order valence-corrected chi connectivity index (χ1v) is 8.91. The summed E-state index contributed by atoms with van der Waals surface area (Å²) in [7, 11) is -3.72. The summed E-state index contributed by atoms with van der Waals surface area (Å²) in [5.41, 5.74) is 1.83. The Bertz CT molecular complexity index is 799. The molecule has 128 valence electrons. The number of carbonyl (C=O) groups is 1. The highest BCUT2D eigenvalue weighted by atomic mass is 32.2. The minimum atomic E-state index is -3.72. The molecule has 2 aromatic rings. The van der Waals surface area contributed by atoms with Gasteiger partial charge in [-0.25, -0.2) is 8.42 Å². The molecule has 0 spiro atoms. The number of carbonyl (C=O) groups excluding carboxylic acids is 1. The van der Waals surface area contributed by atoms with Crippen LogP contribution in [0.5, 0.6) is 0 Å². The van der Waals surface area contributed by atoms with Gasteiger partial charge in [-0.3, -0.25) is 9.52 Å². The smallest absolute Gasteiger partial charge is 0.261 e. The predicted molar refractivity (Wildman–Crippen MR) is 92.4 cm³/mol. The van der Waals surface area contributed by atoms with Gasteiger partial charge in [0.25, 0.3) is 15.9 Å². The van der Waals surface area contributed by atoms with E-state index in [2.05, 4.69) is 10.0 Å². The van der Waals surface area contributed by atoms with Crippen molar-refractivity contribution in [3.63, 3.8) is 0 Å². The van der Waals surface area contributed by atoms with E-state index in [1.165, 1.54) is 24.3 Å². The molecule has 2 rings (SSSR count). The summed E-state index contributed by atoms with van der Waals surface area (Å²) >= 11 is 0. The lowest BCUT2D eigenvalue weighted by molar-refractivity contribution is 0.0922. The van der Waals surface area contributed by atoms with E-state index in [9.17, 15) is 13.2 Å². The van der Waals surface area contributed by atoms with E-state index >= 15 is 0 Å². The summed E-state index contributed by atoms with van der Waals surface area (Å²) in [5.74, 6) is -0.369. The number of hydrogen-bond donors (Lipinski definition) is 3. The molecule has 0 heterocycles. The highest BCUT2D eigenvalue weighted by molar-refractivity contribution is 7.92. The van der Waals surface area contributed by atoms with Crippen LogP contribution < -0.4 is 10.0 Å². The Morgan fingerprint density at radius 1 is 1.08 bits per heavy atom. The molecule has 0 radical (unpaired) electrons. The van der Waals surface area contributed by atoms with Crippen molar-refractivity contribution in [1.29, 1.82) is 0 Å². The Morgan fingerprint density at radius 3 is 2.21 bits per heavy atom. The first-order valence-electron chi connectivity index (χ1n) is 7.43. The van der Waals surface area contributed by atoms with Crippen molar-refractivity contribution in [2.45, 2.75) is 24.8 Å². The van der Waals surface area contributed by atoms with Crippen LogP contribution in [-0.2, 0) is 10.0 Å². The van der Waals surface area contributed by atoms with Crippen molar-refractivity contribution in [3.8, 4) is 0 Å². The fourth-order valence-corrected chi connectivity index (χ4v) is 3.03. The first kappa shape index (κ1) is 18.0. The Kier molecular flexibility index (Phi) is 5.58. The maximum atomic E-state index is 12.3. The number of aryl methyl sites for hydroxylation is 1. The van der Waals surface area contributed by atoms with Crippen LogP contribution in [0.4, 0.5) is 5.69 Å². The third-order valence-corrected chi connectivity index (χ3v) is 4.78. The van der Waals surface area contributed by atoms with Crippen LogP contribution in [-0.4, -0.2) is 32.1 Å². The van der Waals surface area contributed by atoms with Crippen LogP contribution in [0.25, 0.3) is 0 Å². The quantitative estimate of drug-likeness (QED) is 0.743. The number of anilines is 1. The van der Waals surface area contributed by atoms with E-state index in [-0.39, 0.29) is 23.5 Å². The monoisotopic (exact) mass is 348 g/mol. The van der Waals surface area contributed by atoms with Crippen LogP contribution in [0.15, 0.2) is 53.4 Å². The van der Waals surface area contributed by atoms with Crippen LogP contribution in [0.3, 0.4) is 0 Å². The van der Waals surface area contributed by atoms with E-state index in [0.717, 1.165) is 5.56 Å². The Labute approximate surface area is 141 Å². The molecule has 1 atom stereocenters. The lowest BCUT2D eigenvalue weighted by Gasteiger charge is -2.11. The number of rotatable bonds is 6. The van der Waals surface area contributed by atoms with Gasteiger partial charge in [0.2, 0.25) is 0 Å². The van der Waals surface area contributed by atoms with Gasteiger partial charge in [0.1, 0.15) is 0 Å². The summed E-state index contributed by atoms with van der Waals surface area (Å²) in [4.78, 5) is 12.0. The Balaban J connectivity index is 2.14.